The lowest BCUT2D eigenvalue weighted by Gasteiger charge is -2.22. The fourth-order valence-electron chi connectivity index (χ4n) is 4.07. The zero-order valence-corrected chi connectivity index (χ0v) is 17.5. The molecule has 2 atom stereocenters. The van der Waals surface area contributed by atoms with Gasteiger partial charge < -0.3 is 4.74 Å². The second-order valence-corrected chi connectivity index (χ2v) is 8.09. The van der Waals surface area contributed by atoms with Crippen LogP contribution in [0.3, 0.4) is 0 Å². The highest BCUT2D eigenvalue weighted by molar-refractivity contribution is 6.23. The molecule has 0 bridgehead atoms. The first-order chi connectivity index (χ1) is 14.4. The summed E-state index contributed by atoms with van der Waals surface area (Å²) in [5.74, 6) is -1.16. The third-order valence-corrected chi connectivity index (χ3v) is 5.77. The lowest BCUT2D eigenvalue weighted by Crippen LogP contribution is -2.41. The van der Waals surface area contributed by atoms with E-state index in [9.17, 15) is 14.4 Å². The highest BCUT2D eigenvalue weighted by Crippen LogP contribution is 2.31. The van der Waals surface area contributed by atoms with Gasteiger partial charge in [-0.2, -0.15) is 0 Å². The number of carbonyl (C=O) groups is 3. The summed E-state index contributed by atoms with van der Waals surface area (Å²) in [7, 11) is 0. The summed E-state index contributed by atoms with van der Waals surface area (Å²) in [5.41, 5.74) is 0.806. The quantitative estimate of drug-likeness (QED) is 0.332. The Morgan fingerprint density at radius 1 is 0.900 bits per heavy atom. The van der Waals surface area contributed by atoms with E-state index in [1.165, 1.54) is 4.90 Å². The van der Waals surface area contributed by atoms with Gasteiger partial charge in [0, 0.05) is 0 Å². The molecule has 0 saturated heterocycles. The smallest absolute Gasteiger partial charge is 0.308 e. The van der Waals surface area contributed by atoms with Crippen LogP contribution in [0, 0.1) is 5.92 Å². The molecular weight excluding hydrogens is 378 g/mol. The van der Waals surface area contributed by atoms with Gasteiger partial charge in [0.05, 0.1) is 23.1 Å². The molecule has 0 unspecified atom stereocenters. The van der Waals surface area contributed by atoms with Crippen molar-refractivity contribution < 1.29 is 19.1 Å². The number of fused-ring (bicyclic) bond motifs is 3. The van der Waals surface area contributed by atoms with Crippen molar-refractivity contribution >= 4 is 39.3 Å². The minimum absolute atomic E-state index is 0.00175. The molecule has 5 nitrogen and oxygen atoms in total. The van der Waals surface area contributed by atoms with Crippen LogP contribution in [-0.2, 0) is 9.53 Å². The normalized spacial score (nSPS) is 15.5. The van der Waals surface area contributed by atoms with E-state index < -0.39 is 6.04 Å². The number of amides is 2. The number of hydrogen-bond acceptors (Lipinski definition) is 4. The van der Waals surface area contributed by atoms with Crippen LogP contribution in [0.1, 0.15) is 54.3 Å². The minimum atomic E-state index is -0.530. The monoisotopic (exact) mass is 403 g/mol. The van der Waals surface area contributed by atoms with Gasteiger partial charge in [0.2, 0.25) is 0 Å². The van der Waals surface area contributed by atoms with Gasteiger partial charge in [-0.1, -0.05) is 44.5 Å². The Bertz CT molecular complexity index is 1090. The van der Waals surface area contributed by atoms with Gasteiger partial charge in [0.15, 0.2) is 0 Å². The van der Waals surface area contributed by atoms with Crippen LogP contribution in [0.2, 0.25) is 0 Å². The summed E-state index contributed by atoms with van der Waals surface area (Å²) < 4.78 is 5.37. The van der Waals surface area contributed by atoms with E-state index >= 15 is 0 Å². The summed E-state index contributed by atoms with van der Waals surface area (Å²) in [6, 6.07) is 15.1. The first kappa shape index (κ1) is 20.1. The standard InChI is InChI=1S/C25H25NO4/c1-4-7-15(2)25(29)30-14-16(3)26-23(27)21-12-19-10-17-8-5-6-9-18(17)11-20(19)13-22(21)24(26)28/h5-6,8-13,15-16H,4,7,14H2,1-3H3/t15-,16-/m0/s1. The predicted molar refractivity (Wildman–Crippen MR) is 116 cm³/mol. The van der Waals surface area contributed by atoms with Gasteiger partial charge in [-0.25, -0.2) is 0 Å². The van der Waals surface area contributed by atoms with Crippen LogP contribution >= 0.6 is 0 Å². The summed E-state index contributed by atoms with van der Waals surface area (Å²) >= 11 is 0. The van der Waals surface area contributed by atoms with E-state index in [1.54, 1.807) is 19.1 Å². The third-order valence-electron chi connectivity index (χ3n) is 5.77. The van der Waals surface area contributed by atoms with Crippen molar-refractivity contribution in [3.05, 3.63) is 59.7 Å². The minimum Gasteiger partial charge on any atom is -0.463 e. The molecule has 154 valence electrons. The topological polar surface area (TPSA) is 63.7 Å². The van der Waals surface area contributed by atoms with Gasteiger partial charge >= 0.3 is 5.97 Å². The van der Waals surface area contributed by atoms with Crippen molar-refractivity contribution in [1.29, 1.82) is 0 Å². The Kier molecular flexibility index (Phi) is 5.29. The molecule has 2 amide bonds. The molecule has 4 rings (SSSR count). The fraction of sp³-hybridized carbons (Fsp3) is 0.320. The first-order valence-corrected chi connectivity index (χ1v) is 10.4. The number of imide groups is 1. The van der Waals surface area contributed by atoms with Crippen molar-refractivity contribution in [1.82, 2.24) is 4.90 Å². The second kappa shape index (κ2) is 7.90. The molecule has 0 spiro atoms. The highest BCUT2D eigenvalue weighted by atomic mass is 16.5. The largest absolute Gasteiger partial charge is 0.463 e. The lowest BCUT2D eigenvalue weighted by atomic mass is 9.99. The van der Waals surface area contributed by atoms with Crippen molar-refractivity contribution in [2.75, 3.05) is 6.61 Å². The number of carbonyl (C=O) groups excluding carboxylic acids is 3. The first-order valence-electron chi connectivity index (χ1n) is 10.4. The maximum absolute atomic E-state index is 13.0. The number of esters is 1. The lowest BCUT2D eigenvalue weighted by molar-refractivity contribution is -0.149. The number of nitrogens with zero attached hydrogens (tertiary/aromatic N) is 1. The van der Waals surface area contributed by atoms with E-state index in [0.717, 1.165) is 34.4 Å². The molecular formula is C25H25NO4. The molecule has 0 saturated carbocycles. The molecule has 1 heterocycles. The Morgan fingerprint density at radius 3 is 1.93 bits per heavy atom. The molecule has 0 fully saturated rings. The Hall–Kier alpha value is -3.21. The van der Waals surface area contributed by atoms with Gasteiger partial charge in [-0.05, 0) is 59.2 Å². The third kappa shape index (κ3) is 3.45. The van der Waals surface area contributed by atoms with E-state index in [1.807, 2.05) is 50.2 Å². The molecule has 0 radical (unpaired) electrons. The molecule has 1 aliphatic heterocycles. The molecule has 0 aromatic heterocycles. The fourth-order valence-corrected chi connectivity index (χ4v) is 4.07. The van der Waals surface area contributed by atoms with Crippen LogP contribution in [0.5, 0.6) is 0 Å². The predicted octanol–water partition coefficient (Wildman–Crippen LogP) is 4.96. The van der Waals surface area contributed by atoms with Crippen molar-refractivity contribution in [3.63, 3.8) is 0 Å². The zero-order valence-electron chi connectivity index (χ0n) is 17.5. The molecule has 3 aromatic rings. The molecule has 0 aliphatic carbocycles. The van der Waals surface area contributed by atoms with Crippen LogP contribution in [0.25, 0.3) is 21.5 Å². The molecule has 3 aromatic carbocycles. The molecule has 30 heavy (non-hydrogen) atoms. The van der Waals surface area contributed by atoms with Crippen LogP contribution in [0.4, 0.5) is 0 Å². The molecule has 5 heteroatoms. The van der Waals surface area contributed by atoms with E-state index in [-0.39, 0.29) is 30.3 Å². The Morgan fingerprint density at radius 2 is 1.43 bits per heavy atom. The van der Waals surface area contributed by atoms with Gasteiger partial charge in [-0.15, -0.1) is 0 Å². The van der Waals surface area contributed by atoms with Gasteiger partial charge in [0.1, 0.15) is 6.61 Å². The van der Waals surface area contributed by atoms with Crippen LogP contribution < -0.4 is 0 Å². The van der Waals surface area contributed by atoms with Crippen molar-refractivity contribution in [3.8, 4) is 0 Å². The van der Waals surface area contributed by atoms with Gasteiger partial charge in [0.25, 0.3) is 11.8 Å². The summed E-state index contributed by atoms with van der Waals surface area (Å²) in [5, 5.41) is 4.01. The summed E-state index contributed by atoms with van der Waals surface area (Å²) in [4.78, 5) is 39.3. The van der Waals surface area contributed by atoms with Crippen molar-refractivity contribution in [2.24, 2.45) is 5.92 Å². The van der Waals surface area contributed by atoms with Crippen LogP contribution in [-0.4, -0.2) is 35.3 Å². The Labute approximate surface area is 175 Å². The maximum Gasteiger partial charge on any atom is 0.308 e. The number of ether oxygens (including phenoxy) is 1. The number of hydrogen-bond donors (Lipinski definition) is 0. The number of benzene rings is 3. The van der Waals surface area contributed by atoms with Crippen molar-refractivity contribution in [2.45, 2.75) is 39.7 Å². The SMILES string of the molecule is CCC[C@H](C)C(=O)OC[C@H](C)N1C(=O)c2cc3cc4ccccc4cc3cc2C1=O. The van der Waals surface area contributed by atoms with Gasteiger partial charge in [-0.3, -0.25) is 19.3 Å². The highest BCUT2D eigenvalue weighted by Gasteiger charge is 2.39. The number of rotatable bonds is 6. The Balaban J connectivity index is 1.60. The maximum atomic E-state index is 13.0. The average Bonchev–Trinajstić information content (AvgIpc) is 2.98. The average molecular weight is 403 g/mol. The second-order valence-electron chi connectivity index (χ2n) is 8.09. The van der Waals surface area contributed by atoms with Crippen LogP contribution in [0.15, 0.2) is 48.5 Å². The van der Waals surface area contributed by atoms with E-state index in [4.69, 9.17) is 4.74 Å². The van der Waals surface area contributed by atoms with E-state index in [0.29, 0.717) is 11.1 Å². The van der Waals surface area contributed by atoms with E-state index in [2.05, 4.69) is 0 Å². The molecule has 1 aliphatic rings. The zero-order chi connectivity index (χ0) is 21.4. The summed E-state index contributed by atoms with van der Waals surface area (Å²) in [6.07, 6.45) is 1.65. The molecule has 0 N–H and O–H groups in total. The summed E-state index contributed by atoms with van der Waals surface area (Å²) in [6.45, 7) is 5.57.